The first-order valence-corrected chi connectivity index (χ1v) is 9.64. The lowest BCUT2D eigenvalue weighted by molar-refractivity contribution is 0.188. The number of hydrogen-bond donors (Lipinski definition) is 2. The molecule has 2 N–H and O–H groups in total. The fraction of sp³-hybridized carbons (Fsp3) is 0.364. The van der Waals surface area contributed by atoms with Gasteiger partial charge in [-0.15, -0.1) is 0 Å². The summed E-state index contributed by atoms with van der Waals surface area (Å²) >= 11 is 0. The van der Waals surface area contributed by atoms with Crippen molar-refractivity contribution in [3.8, 4) is 0 Å². The molecule has 0 saturated heterocycles. The Morgan fingerprint density at radius 3 is 2.96 bits per heavy atom. The SMILES string of the molecule is Cc1cccnc1C[C@H](C)NC(=O)N(Cc1ccc2[nH]ccc2c1)C1CC1. The largest absolute Gasteiger partial charge is 0.361 e. The van der Waals surface area contributed by atoms with Crippen LogP contribution in [0.2, 0.25) is 0 Å². The fourth-order valence-electron chi connectivity index (χ4n) is 3.52. The zero-order valence-corrected chi connectivity index (χ0v) is 15.9. The number of amides is 2. The van der Waals surface area contributed by atoms with Crippen LogP contribution >= 0.6 is 0 Å². The molecule has 1 aromatic carbocycles. The lowest BCUT2D eigenvalue weighted by Crippen LogP contribution is -2.45. The van der Waals surface area contributed by atoms with Gasteiger partial charge in [0.15, 0.2) is 0 Å². The van der Waals surface area contributed by atoms with Crippen LogP contribution in [0.25, 0.3) is 10.9 Å². The fourth-order valence-corrected chi connectivity index (χ4v) is 3.52. The maximum atomic E-state index is 12.9. The molecule has 0 radical (unpaired) electrons. The monoisotopic (exact) mass is 362 g/mol. The molecule has 0 bridgehead atoms. The van der Waals surface area contributed by atoms with Crippen molar-refractivity contribution in [1.29, 1.82) is 0 Å². The molecule has 0 spiro atoms. The van der Waals surface area contributed by atoms with Gasteiger partial charge in [-0.2, -0.15) is 0 Å². The Hall–Kier alpha value is -2.82. The number of aromatic nitrogens is 2. The number of pyridine rings is 1. The van der Waals surface area contributed by atoms with E-state index in [1.165, 1.54) is 5.39 Å². The van der Waals surface area contributed by atoms with Gasteiger partial charge in [0.05, 0.1) is 0 Å². The smallest absolute Gasteiger partial charge is 0.318 e. The third-order valence-electron chi connectivity index (χ3n) is 5.21. The van der Waals surface area contributed by atoms with E-state index in [4.69, 9.17) is 0 Å². The maximum absolute atomic E-state index is 12.9. The molecule has 5 heteroatoms. The molecular weight excluding hydrogens is 336 g/mol. The molecule has 1 atom stereocenters. The van der Waals surface area contributed by atoms with Gasteiger partial charge in [-0.3, -0.25) is 4.98 Å². The number of benzene rings is 1. The Balaban J connectivity index is 1.42. The Morgan fingerprint density at radius 1 is 1.33 bits per heavy atom. The number of nitrogens with one attached hydrogen (secondary N) is 2. The summed E-state index contributed by atoms with van der Waals surface area (Å²) < 4.78 is 0. The third kappa shape index (κ3) is 4.13. The molecule has 27 heavy (non-hydrogen) atoms. The zero-order valence-electron chi connectivity index (χ0n) is 15.9. The highest BCUT2D eigenvalue weighted by Crippen LogP contribution is 2.29. The van der Waals surface area contributed by atoms with Gasteiger partial charge in [-0.25, -0.2) is 4.79 Å². The highest BCUT2D eigenvalue weighted by atomic mass is 16.2. The second kappa shape index (κ2) is 7.43. The van der Waals surface area contributed by atoms with Crippen LogP contribution in [0.1, 0.15) is 36.6 Å². The van der Waals surface area contributed by atoms with Gasteiger partial charge in [-0.1, -0.05) is 12.1 Å². The van der Waals surface area contributed by atoms with Gasteiger partial charge in [0, 0.05) is 48.7 Å². The van der Waals surface area contributed by atoms with Crippen molar-refractivity contribution in [3.63, 3.8) is 0 Å². The van der Waals surface area contributed by atoms with Crippen molar-refractivity contribution in [2.75, 3.05) is 0 Å². The number of H-pyrrole nitrogens is 1. The maximum Gasteiger partial charge on any atom is 0.318 e. The van der Waals surface area contributed by atoms with Crippen molar-refractivity contribution < 1.29 is 4.79 Å². The molecule has 1 saturated carbocycles. The quantitative estimate of drug-likeness (QED) is 0.691. The lowest BCUT2D eigenvalue weighted by Gasteiger charge is -2.25. The van der Waals surface area contributed by atoms with E-state index in [1.807, 2.05) is 30.3 Å². The molecular formula is C22H26N4O. The van der Waals surface area contributed by atoms with Gasteiger partial charge in [0.2, 0.25) is 0 Å². The number of rotatable bonds is 6. The molecule has 5 nitrogen and oxygen atoms in total. The number of nitrogens with zero attached hydrogens (tertiary/aromatic N) is 2. The van der Waals surface area contributed by atoms with Gasteiger partial charge < -0.3 is 15.2 Å². The van der Waals surface area contributed by atoms with Crippen LogP contribution in [0.3, 0.4) is 0 Å². The Bertz CT molecular complexity index is 944. The summed E-state index contributed by atoms with van der Waals surface area (Å²) in [6.45, 7) is 4.75. The number of urea groups is 1. The van der Waals surface area contributed by atoms with Crippen molar-refractivity contribution >= 4 is 16.9 Å². The predicted octanol–water partition coefficient (Wildman–Crippen LogP) is 4.18. The van der Waals surface area contributed by atoms with Crippen molar-refractivity contribution in [2.45, 2.75) is 51.7 Å². The average molecular weight is 362 g/mol. The van der Waals surface area contributed by atoms with E-state index in [-0.39, 0.29) is 12.1 Å². The van der Waals surface area contributed by atoms with Crippen LogP contribution in [0.15, 0.2) is 48.8 Å². The number of fused-ring (bicyclic) bond motifs is 1. The van der Waals surface area contributed by atoms with E-state index < -0.39 is 0 Å². The van der Waals surface area contributed by atoms with Crippen LogP contribution < -0.4 is 5.32 Å². The average Bonchev–Trinajstić information content (AvgIpc) is 3.38. The van der Waals surface area contributed by atoms with E-state index >= 15 is 0 Å². The molecule has 1 aliphatic carbocycles. The second-order valence-electron chi connectivity index (χ2n) is 7.58. The third-order valence-corrected chi connectivity index (χ3v) is 5.21. The first-order chi connectivity index (χ1) is 13.1. The Kier molecular flexibility index (Phi) is 4.84. The summed E-state index contributed by atoms with van der Waals surface area (Å²) in [4.78, 5) is 22.6. The second-order valence-corrected chi connectivity index (χ2v) is 7.58. The van der Waals surface area contributed by atoms with Crippen LogP contribution in [0, 0.1) is 6.92 Å². The molecule has 4 rings (SSSR count). The van der Waals surface area contributed by atoms with Crippen LogP contribution in [-0.4, -0.2) is 33.0 Å². The minimum Gasteiger partial charge on any atom is -0.361 e. The summed E-state index contributed by atoms with van der Waals surface area (Å²) in [7, 11) is 0. The Morgan fingerprint density at radius 2 is 2.19 bits per heavy atom. The number of aryl methyl sites for hydroxylation is 1. The molecule has 140 valence electrons. The Labute approximate surface area is 159 Å². The molecule has 2 amide bonds. The summed E-state index contributed by atoms with van der Waals surface area (Å²) in [6, 6.07) is 12.8. The van der Waals surface area contributed by atoms with E-state index in [9.17, 15) is 4.79 Å². The van der Waals surface area contributed by atoms with Crippen molar-refractivity contribution in [2.24, 2.45) is 0 Å². The number of carbonyl (C=O) groups excluding carboxylic acids is 1. The number of carbonyl (C=O) groups is 1. The molecule has 1 aliphatic rings. The topological polar surface area (TPSA) is 61.0 Å². The number of aromatic amines is 1. The van der Waals surface area contributed by atoms with E-state index in [1.54, 1.807) is 0 Å². The minimum absolute atomic E-state index is 0.0211. The van der Waals surface area contributed by atoms with Crippen LogP contribution in [0.4, 0.5) is 4.79 Å². The lowest BCUT2D eigenvalue weighted by atomic mass is 10.1. The van der Waals surface area contributed by atoms with Gasteiger partial charge in [0.25, 0.3) is 0 Å². The summed E-state index contributed by atoms with van der Waals surface area (Å²) in [5, 5.41) is 4.35. The summed E-state index contributed by atoms with van der Waals surface area (Å²) in [5.74, 6) is 0. The predicted molar refractivity (Wildman–Crippen MR) is 108 cm³/mol. The van der Waals surface area contributed by atoms with Gasteiger partial charge >= 0.3 is 6.03 Å². The molecule has 1 fully saturated rings. The first kappa shape index (κ1) is 17.6. The normalized spacial score (nSPS) is 14.9. The molecule has 3 aromatic rings. The number of hydrogen-bond acceptors (Lipinski definition) is 2. The standard InChI is InChI=1S/C22H26N4O/c1-15-4-3-10-23-21(15)12-16(2)25-22(27)26(19-6-7-19)14-17-5-8-20-18(13-17)9-11-24-20/h3-5,8-11,13,16,19,24H,6-7,12,14H2,1-2H3,(H,25,27)/t16-/m0/s1. The van der Waals surface area contributed by atoms with Crippen LogP contribution in [-0.2, 0) is 13.0 Å². The molecule has 2 aromatic heterocycles. The molecule has 0 aliphatic heterocycles. The summed E-state index contributed by atoms with van der Waals surface area (Å²) in [6.07, 6.45) is 6.68. The van der Waals surface area contributed by atoms with Crippen molar-refractivity contribution in [1.82, 2.24) is 20.2 Å². The molecule has 2 heterocycles. The summed E-state index contributed by atoms with van der Waals surface area (Å²) in [5.41, 5.74) is 4.50. The minimum atomic E-state index is 0.0211. The van der Waals surface area contributed by atoms with Gasteiger partial charge in [-0.05, 0) is 67.5 Å². The van der Waals surface area contributed by atoms with Gasteiger partial charge in [0.1, 0.15) is 0 Å². The zero-order chi connectivity index (χ0) is 18.8. The highest BCUT2D eigenvalue weighted by Gasteiger charge is 2.33. The molecule has 0 unspecified atom stereocenters. The van der Waals surface area contributed by atoms with E-state index in [2.05, 4.69) is 52.5 Å². The van der Waals surface area contributed by atoms with Crippen molar-refractivity contribution in [3.05, 3.63) is 65.6 Å². The first-order valence-electron chi connectivity index (χ1n) is 9.64. The van der Waals surface area contributed by atoms with Crippen LogP contribution in [0.5, 0.6) is 0 Å². The van der Waals surface area contributed by atoms with E-state index in [0.29, 0.717) is 12.6 Å². The highest BCUT2D eigenvalue weighted by molar-refractivity contribution is 5.80. The van der Waals surface area contributed by atoms with E-state index in [0.717, 1.165) is 41.6 Å².